The lowest BCUT2D eigenvalue weighted by Gasteiger charge is -2.13. The van der Waals surface area contributed by atoms with Crippen molar-refractivity contribution in [2.24, 2.45) is 0 Å². The molecule has 2 rings (SSSR count). The molecule has 0 fully saturated rings. The van der Waals surface area contributed by atoms with Gasteiger partial charge in [-0.1, -0.05) is 29.8 Å². The molecule has 0 aliphatic rings. The van der Waals surface area contributed by atoms with Crippen LogP contribution in [0, 0.1) is 12.7 Å². The lowest BCUT2D eigenvalue weighted by Crippen LogP contribution is -2.25. The Bertz CT molecular complexity index is 939. The van der Waals surface area contributed by atoms with Crippen LogP contribution < -0.4 is 4.72 Å². The van der Waals surface area contributed by atoms with Crippen LogP contribution in [0.3, 0.4) is 0 Å². The van der Waals surface area contributed by atoms with Crippen molar-refractivity contribution in [3.05, 3.63) is 65.0 Å². The molecule has 0 amide bonds. The first-order valence-corrected chi connectivity index (χ1v) is 9.19. The molecule has 0 aromatic heterocycles. The summed E-state index contributed by atoms with van der Waals surface area (Å²) in [5, 5.41) is 0. The largest absolute Gasteiger partial charge is 0.451 e. The number of hydrogen-bond acceptors (Lipinski definition) is 5. The Kier molecular flexibility index (Phi) is 5.89. The lowest BCUT2D eigenvalue weighted by atomic mass is 10.1. The highest BCUT2D eigenvalue weighted by Crippen LogP contribution is 2.17. The first-order valence-electron chi connectivity index (χ1n) is 7.70. The number of ketones is 1. The van der Waals surface area contributed by atoms with E-state index in [1.165, 1.54) is 14.0 Å². The molecule has 8 heteroatoms. The van der Waals surface area contributed by atoms with Crippen LogP contribution in [-0.4, -0.2) is 33.3 Å². The second-order valence-electron chi connectivity index (χ2n) is 5.63. The van der Waals surface area contributed by atoms with E-state index in [1.54, 1.807) is 24.3 Å². The van der Waals surface area contributed by atoms with Crippen LogP contribution in [0.5, 0.6) is 0 Å². The average Bonchev–Trinajstić information content (AvgIpc) is 2.61. The minimum Gasteiger partial charge on any atom is -0.451 e. The van der Waals surface area contributed by atoms with Gasteiger partial charge in [0.1, 0.15) is 5.82 Å². The number of rotatable bonds is 6. The van der Waals surface area contributed by atoms with Crippen molar-refractivity contribution in [3.8, 4) is 0 Å². The van der Waals surface area contributed by atoms with Crippen molar-refractivity contribution < 1.29 is 27.1 Å². The Morgan fingerprint density at radius 2 is 1.73 bits per heavy atom. The molecule has 0 saturated carbocycles. The third-order valence-corrected chi connectivity index (χ3v) is 5.14. The lowest BCUT2D eigenvalue weighted by molar-refractivity contribution is 0.0314. The van der Waals surface area contributed by atoms with E-state index in [9.17, 15) is 22.4 Å². The molecule has 0 aliphatic carbocycles. The highest BCUT2D eigenvalue weighted by atomic mass is 32.2. The number of Topliss-reactive ketones (excluding diaryl/α,β-unsaturated/α-hetero) is 1. The SMILES string of the molecule is CNS(=O)(=O)c1ccc(F)c(C(=O)OC(C)C(=O)c2ccc(C)cc2)c1. The summed E-state index contributed by atoms with van der Waals surface area (Å²) in [5.74, 6) is -2.51. The fourth-order valence-corrected chi connectivity index (χ4v) is 2.93. The van der Waals surface area contributed by atoms with Gasteiger partial charge in [0.25, 0.3) is 0 Å². The Labute approximate surface area is 151 Å². The van der Waals surface area contributed by atoms with Crippen LogP contribution in [0.2, 0.25) is 0 Å². The molecular formula is C18H18FNO5S. The number of halogens is 1. The molecule has 1 unspecified atom stereocenters. The molecule has 2 aromatic rings. The smallest absolute Gasteiger partial charge is 0.341 e. The van der Waals surface area contributed by atoms with Crippen LogP contribution in [0.15, 0.2) is 47.4 Å². The van der Waals surface area contributed by atoms with Crippen molar-refractivity contribution >= 4 is 21.8 Å². The number of aryl methyl sites for hydroxylation is 1. The first kappa shape index (κ1) is 19.7. The van der Waals surface area contributed by atoms with Gasteiger partial charge in [-0.05, 0) is 39.1 Å². The van der Waals surface area contributed by atoms with E-state index >= 15 is 0 Å². The third kappa shape index (κ3) is 4.33. The predicted octanol–water partition coefficient (Wildman–Crippen LogP) is 2.47. The maximum atomic E-state index is 13.9. The molecule has 138 valence electrons. The van der Waals surface area contributed by atoms with Gasteiger partial charge in [0.2, 0.25) is 15.8 Å². The Morgan fingerprint density at radius 3 is 2.31 bits per heavy atom. The number of carbonyl (C=O) groups excluding carboxylic acids is 2. The van der Waals surface area contributed by atoms with E-state index < -0.39 is 39.3 Å². The standard InChI is InChI=1S/C18H18FNO5S/c1-11-4-6-13(7-5-11)17(21)12(2)25-18(22)15-10-14(8-9-16(15)19)26(23,24)20-3/h4-10,12,20H,1-3H3. The number of hydrogen-bond donors (Lipinski definition) is 1. The summed E-state index contributed by atoms with van der Waals surface area (Å²) in [6.07, 6.45) is -1.16. The number of ether oxygens (including phenoxy) is 1. The van der Waals surface area contributed by atoms with Crippen molar-refractivity contribution in [3.63, 3.8) is 0 Å². The van der Waals surface area contributed by atoms with Gasteiger partial charge >= 0.3 is 5.97 Å². The molecule has 26 heavy (non-hydrogen) atoms. The van der Waals surface area contributed by atoms with Crippen molar-refractivity contribution in [2.75, 3.05) is 7.05 Å². The van der Waals surface area contributed by atoms with Crippen molar-refractivity contribution in [2.45, 2.75) is 24.8 Å². The Hall–Kier alpha value is -2.58. The van der Waals surface area contributed by atoms with Gasteiger partial charge in [-0.15, -0.1) is 0 Å². The summed E-state index contributed by atoms with van der Waals surface area (Å²) in [4.78, 5) is 24.2. The second kappa shape index (κ2) is 7.76. The van der Waals surface area contributed by atoms with Gasteiger partial charge in [0, 0.05) is 5.56 Å². The van der Waals surface area contributed by atoms with Gasteiger partial charge in [-0.3, -0.25) is 4.79 Å². The second-order valence-corrected chi connectivity index (χ2v) is 7.51. The summed E-state index contributed by atoms with van der Waals surface area (Å²) < 4.78 is 44.6. The number of benzene rings is 2. The molecule has 1 N–H and O–H groups in total. The van der Waals surface area contributed by atoms with E-state index in [2.05, 4.69) is 4.72 Å². The summed E-state index contributed by atoms with van der Waals surface area (Å²) in [5.41, 5.74) is 0.753. The van der Waals surface area contributed by atoms with E-state index in [0.717, 1.165) is 23.8 Å². The molecular weight excluding hydrogens is 361 g/mol. The normalized spacial score (nSPS) is 12.5. The third-order valence-electron chi connectivity index (χ3n) is 3.73. The van der Waals surface area contributed by atoms with Gasteiger partial charge in [0.15, 0.2) is 6.10 Å². The topological polar surface area (TPSA) is 89.5 Å². The number of nitrogens with one attached hydrogen (secondary N) is 1. The van der Waals surface area contributed by atoms with Crippen LogP contribution in [0.4, 0.5) is 4.39 Å². The van der Waals surface area contributed by atoms with Gasteiger partial charge < -0.3 is 4.74 Å². The van der Waals surface area contributed by atoms with Crippen LogP contribution in [0.1, 0.15) is 33.2 Å². The van der Waals surface area contributed by atoms with E-state index in [-0.39, 0.29) is 4.90 Å². The van der Waals surface area contributed by atoms with Crippen LogP contribution in [-0.2, 0) is 14.8 Å². The van der Waals surface area contributed by atoms with Crippen LogP contribution in [0.25, 0.3) is 0 Å². The van der Waals surface area contributed by atoms with E-state index in [0.29, 0.717) is 5.56 Å². The fraction of sp³-hybridized carbons (Fsp3) is 0.222. The van der Waals surface area contributed by atoms with E-state index in [4.69, 9.17) is 4.74 Å². The Balaban J connectivity index is 2.22. The quantitative estimate of drug-likeness (QED) is 0.615. The molecule has 0 saturated heterocycles. The zero-order chi connectivity index (χ0) is 19.5. The van der Waals surface area contributed by atoms with Gasteiger partial charge in [0.05, 0.1) is 10.5 Å². The monoisotopic (exact) mass is 379 g/mol. The zero-order valence-electron chi connectivity index (χ0n) is 14.4. The van der Waals surface area contributed by atoms with Crippen LogP contribution >= 0.6 is 0 Å². The van der Waals surface area contributed by atoms with Crippen molar-refractivity contribution in [1.82, 2.24) is 4.72 Å². The Morgan fingerprint density at radius 1 is 1.12 bits per heavy atom. The number of carbonyl (C=O) groups is 2. The number of sulfonamides is 1. The summed E-state index contributed by atoms with van der Waals surface area (Å²) in [6.45, 7) is 3.23. The minimum absolute atomic E-state index is 0.286. The molecule has 6 nitrogen and oxygen atoms in total. The van der Waals surface area contributed by atoms with Gasteiger partial charge in [-0.25, -0.2) is 22.3 Å². The molecule has 0 heterocycles. The molecule has 2 aromatic carbocycles. The molecule has 0 radical (unpaired) electrons. The summed E-state index contributed by atoms with van der Waals surface area (Å²) >= 11 is 0. The minimum atomic E-state index is -3.85. The maximum absolute atomic E-state index is 13.9. The summed E-state index contributed by atoms with van der Waals surface area (Å²) in [6, 6.07) is 9.44. The average molecular weight is 379 g/mol. The summed E-state index contributed by atoms with van der Waals surface area (Å²) in [7, 11) is -2.66. The predicted molar refractivity (Wildman–Crippen MR) is 93.0 cm³/mol. The zero-order valence-corrected chi connectivity index (χ0v) is 15.3. The highest BCUT2D eigenvalue weighted by molar-refractivity contribution is 7.89. The van der Waals surface area contributed by atoms with Crippen molar-refractivity contribution in [1.29, 1.82) is 0 Å². The maximum Gasteiger partial charge on any atom is 0.341 e. The highest BCUT2D eigenvalue weighted by Gasteiger charge is 2.24. The molecule has 0 aliphatic heterocycles. The molecule has 0 bridgehead atoms. The fourth-order valence-electron chi connectivity index (χ4n) is 2.18. The molecule has 0 spiro atoms. The van der Waals surface area contributed by atoms with Gasteiger partial charge in [-0.2, -0.15) is 0 Å². The first-order chi connectivity index (χ1) is 12.2. The van der Waals surface area contributed by atoms with E-state index in [1.807, 2.05) is 6.92 Å². The molecule has 1 atom stereocenters. The number of esters is 1.